The van der Waals surface area contributed by atoms with Crippen LogP contribution in [0.15, 0.2) is 0 Å². The maximum absolute atomic E-state index is 12.5. The minimum atomic E-state index is -0.209. The van der Waals surface area contributed by atoms with Gasteiger partial charge in [-0.3, -0.25) is 19.3 Å². The first-order valence-electron chi connectivity index (χ1n) is 10.2. The maximum Gasteiger partial charge on any atom is 0.233 e. The van der Waals surface area contributed by atoms with Gasteiger partial charge in [0.2, 0.25) is 17.7 Å². The van der Waals surface area contributed by atoms with Crippen LogP contribution in [0.25, 0.3) is 0 Å². The van der Waals surface area contributed by atoms with Crippen molar-refractivity contribution in [3.05, 3.63) is 0 Å². The van der Waals surface area contributed by atoms with Gasteiger partial charge in [-0.15, -0.1) is 0 Å². The van der Waals surface area contributed by atoms with Gasteiger partial charge in [0, 0.05) is 32.5 Å². The number of unbranched alkanes of at least 4 members (excludes halogenated alkanes) is 1. The molecule has 5 heteroatoms. The molecule has 2 heterocycles. The highest BCUT2D eigenvalue weighted by Crippen LogP contribution is 2.35. The van der Waals surface area contributed by atoms with E-state index in [2.05, 4.69) is 13.8 Å². The summed E-state index contributed by atoms with van der Waals surface area (Å²) in [7, 11) is 0. The lowest BCUT2D eigenvalue weighted by molar-refractivity contribution is -0.140. The third-order valence-electron chi connectivity index (χ3n) is 6.15. The van der Waals surface area contributed by atoms with Gasteiger partial charge in [0.1, 0.15) is 0 Å². The number of imide groups is 1. The number of rotatable bonds is 6. The number of amides is 3. The van der Waals surface area contributed by atoms with Gasteiger partial charge >= 0.3 is 0 Å². The van der Waals surface area contributed by atoms with Crippen molar-refractivity contribution in [3.8, 4) is 0 Å². The lowest BCUT2D eigenvalue weighted by Crippen LogP contribution is -2.39. The van der Waals surface area contributed by atoms with E-state index in [0.717, 1.165) is 38.3 Å². The molecule has 2 fully saturated rings. The van der Waals surface area contributed by atoms with Crippen molar-refractivity contribution in [2.75, 3.05) is 19.6 Å². The van der Waals surface area contributed by atoms with Crippen LogP contribution in [-0.4, -0.2) is 47.2 Å². The highest BCUT2D eigenvalue weighted by molar-refractivity contribution is 6.03. The zero-order valence-corrected chi connectivity index (χ0v) is 17.2. The van der Waals surface area contributed by atoms with E-state index in [-0.39, 0.29) is 29.1 Å². The predicted octanol–water partition coefficient (Wildman–Crippen LogP) is 3.47. The van der Waals surface area contributed by atoms with E-state index in [9.17, 15) is 14.4 Å². The summed E-state index contributed by atoms with van der Waals surface area (Å²) in [6.07, 6.45) is 4.50. The Morgan fingerprint density at radius 1 is 1.12 bits per heavy atom. The summed E-state index contributed by atoms with van der Waals surface area (Å²) in [5.41, 5.74) is -0.181. The molecule has 2 aliphatic rings. The van der Waals surface area contributed by atoms with Crippen LogP contribution in [0.3, 0.4) is 0 Å². The van der Waals surface area contributed by atoms with Crippen molar-refractivity contribution in [2.24, 2.45) is 23.2 Å². The van der Waals surface area contributed by atoms with E-state index < -0.39 is 0 Å². The molecule has 0 aliphatic carbocycles. The van der Waals surface area contributed by atoms with E-state index in [1.807, 2.05) is 25.7 Å². The lowest BCUT2D eigenvalue weighted by atomic mass is 9.80. The number of carbonyl (C=O) groups excluding carboxylic acids is 3. The largest absolute Gasteiger partial charge is 0.343 e. The Labute approximate surface area is 158 Å². The molecule has 148 valence electrons. The number of hydrogen-bond donors (Lipinski definition) is 0. The number of likely N-dealkylation sites (tertiary alicyclic amines) is 2. The van der Waals surface area contributed by atoms with E-state index in [1.54, 1.807) is 0 Å². The third kappa shape index (κ3) is 5.08. The smallest absolute Gasteiger partial charge is 0.233 e. The Morgan fingerprint density at radius 2 is 1.73 bits per heavy atom. The first-order chi connectivity index (χ1) is 12.1. The molecule has 0 N–H and O–H groups in total. The van der Waals surface area contributed by atoms with Crippen LogP contribution in [-0.2, 0) is 14.4 Å². The summed E-state index contributed by atoms with van der Waals surface area (Å²) in [6, 6.07) is 0. The van der Waals surface area contributed by atoms with Crippen LogP contribution in [0.5, 0.6) is 0 Å². The molecule has 2 rings (SSSR count). The molecule has 26 heavy (non-hydrogen) atoms. The molecule has 0 saturated carbocycles. The fraction of sp³-hybridized carbons (Fsp3) is 0.857. The summed E-state index contributed by atoms with van der Waals surface area (Å²) < 4.78 is 0. The molecule has 5 nitrogen and oxygen atoms in total. The topological polar surface area (TPSA) is 57.7 Å². The number of hydrogen-bond acceptors (Lipinski definition) is 3. The second-order valence-corrected chi connectivity index (χ2v) is 9.43. The Kier molecular flexibility index (Phi) is 6.86. The maximum atomic E-state index is 12.5. The van der Waals surface area contributed by atoms with Crippen LogP contribution >= 0.6 is 0 Å². The normalized spacial score (nSPS) is 22.6. The van der Waals surface area contributed by atoms with Crippen molar-refractivity contribution in [3.63, 3.8) is 0 Å². The highest BCUT2D eigenvalue weighted by atomic mass is 16.2. The standard InChI is InChI=1S/C21H36N2O3/c1-15(2)16-9-12-22(13-10-16)18(24)8-6-7-11-23-19(25)14-17(20(23)26)21(3,4)5/h15-17H,6-14H2,1-5H3. The average molecular weight is 365 g/mol. The molecule has 3 amide bonds. The summed E-state index contributed by atoms with van der Waals surface area (Å²) in [4.78, 5) is 40.3. The minimum Gasteiger partial charge on any atom is -0.343 e. The lowest BCUT2D eigenvalue weighted by Gasteiger charge is -2.34. The van der Waals surface area contributed by atoms with E-state index in [1.165, 1.54) is 4.90 Å². The molecule has 1 atom stereocenters. The van der Waals surface area contributed by atoms with Crippen LogP contribution in [0, 0.1) is 23.2 Å². The van der Waals surface area contributed by atoms with Gasteiger partial charge in [-0.05, 0) is 42.9 Å². The van der Waals surface area contributed by atoms with Gasteiger partial charge in [-0.25, -0.2) is 0 Å². The Morgan fingerprint density at radius 3 is 2.23 bits per heavy atom. The summed E-state index contributed by atoms with van der Waals surface area (Å²) in [6.45, 7) is 12.7. The molecule has 0 aromatic carbocycles. The second kappa shape index (κ2) is 8.53. The number of carbonyl (C=O) groups is 3. The van der Waals surface area contributed by atoms with Crippen LogP contribution in [0.4, 0.5) is 0 Å². The van der Waals surface area contributed by atoms with Gasteiger partial charge in [0.15, 0.2) is 0 Å². The van der Waals surface area contributed by atoms with Crippen molar-refractivity contribution in [1.29, 1.82) is 0 Å². The van der Waals surface area contributed by atoms with E-state index in [4.69, 9.17) is 0 Å². The molecular weight excluding hydrogens is 328 g/mol. The molecule has 2 saturated heterocycles. The zero-order valence-electron chi connectivity index (χ0n) is 17.2. The molecule has 2 aliphatic heterocycles. The zero-order chi connectivity index (χ0) is 19.5. The third-order valence-corrected chi connectivity index (χ3v) is 6.15. The highest BCUT2D eigenvalue weighted by Gasteiger charge is 2.44. The Hall–Kier alpha value is -1.39. The van der Waals surface area contributed by atoms with Gasteiger partial charge in [-0.1, -0.05) is 34.6 Å². The molecule has 0 aromatic heterocycles. The summed E-state index contributed by atoms with van der Waals surface area (Å²) >= 11 is 0. The van der Waals surface area contributed by atoms with E-state index >= 15 is 0 Å². The van der Waals surface area contributed by atoms with Crippen molar-refractivity contribution in [1.82, 2.24) is 9.80 Å². The van der Waals surface area contributed by atoms with Crippen LogP contribution < -0.4 is 0 Å². The van der Waals surface area contributed by atoms with Crippen molar-refractivity contribution < 1.29 is 14.4 Å². The quantitative estimate of drug-likeness (QED) is 0.536. The molecular formula is C21H36N2O3. The van der Waals surface area contributed by atoms with E-state index in [0.29, 0.717) is 31.7 Å². The first kappa shape index (κ1) is 20.9. The van der Waals surface area contributed by atoms with Gasteiger partial charge in [-0.2, -0.15) is 0 Å². The SMILES string of the molecule is CC(C)C1CCN(C(=O)CCCCN2C(=O)CC(C(C)(C)C)C2=O)CC1. The second-order valence-electron chi connectivity index (χ2n) is 9.43. The number of piperidine rings is 1. The van der Waals surface area contributed by atoms with Crippen LogP contribution in [0.2, 0.25) is 0 Å². The van der Waals surface area contributed by atoms with Crippen molar-refractivity contribution in [2.45, 2.75) is 73.1 Å². The summed E-state index contributed by atoms with van der Waals surface area (Å²) in [5, 5.41) is 0. The molecule has 0 bridgehead atoms. The Balaban J connectivity index is 1.70. The fourth-order valence-electron chi connectivity index (χ4n) is 4.11. The van der Waals surface area contributed by atoms with Gasteiger partial charge in [0.25, 0.3) is 0 Å². The molecule has 0 aromatic rings. The summed E-state index contributed by atoms with van der Waals surface area (Å²) in [5.74, 6) is 1.35. The number of nitrogens with zero attached hydrogens (tertiary/aromatic N) is 2. The van der Waals surface area contributed by atoms with Gasteiger partial charge in [0.05, 0.1) is 5.92 Å². The predicted molar refractivity (Wildman–Crippen MR) is 102 cm³/mol. The Bertz CT molecular complexity index is 528. The average Bonchev–Trinajstić information content (AvgIpc) is 2.86. The fourth-order valence-corrected chi connectivity index (χ4v) is 4.11. The first-order valence-corrected chi connectivity index (χ1v) is 10.2. The molecule has 0 spiro atoms. The minimum absolute atomic E-state index is 0.0374. The monoisotopic (exact) mass is 364 g/mol. The van der Waals surface area contributed by atoms with Crippen molar-refractivity contribution >= 4 is 17.7 Å². The molecule has 0 radical (unpaired) electrons. The molecule has 1 unspecified atom stereocenters. The van der Waals surface area contributed by atoms with Crippen LogP contribution in [0.1, 0.15) is 73.1 Å². The van der Waals surface area contributed by atoms with Gasteiger partial charge < -0.3 is 4.90 Å².